The average molecular weight is 245 g/mol. The van der Waals surface area contributed by atoms with Gasteiger partial charge in [0.05, 0.1) is 6.61 Å². The molecule has 1 N–H and O–H groups in total. The highest BCUT2D eigenvalue weighted by atomic mass is 35.5. The van der Waals surface area contributed by atoms with Gasteiger partial charge >= 0.3 is 5.97 Å². The third-order valence-corrected chi connectivity index (χ3v) is 2.13. The van der Waals surface area contributed by atoms with Crippen LogP contribution in [0.1, 0.15) is 6.92 Å². The summed E-state index contributed by atoms with van der Waals surface area (Å²) in [5.74, 6) is -0.303. The zero-order valence-electron chi connectivity index (χ0n) is 8.85. The van der Waals surface area contributed by atoms with E-state index in [0.29, 0.717) is 17.4 Å². The minimum Gasteiger partial charge on any atom is -0.491 e. The van der Waals surface area contributed by atoms with Crippen molar-refractivity contribution in [1.29, 1.82) is 0 Å². The molecule has 1 aromatic rings. The van der Waals surface area contributed by atoms with E-state index in [4.69, 9.17) is 26.2 Å². The number of carboxylic acids is 1. The number of halogens is 1. The number of hydrogen-bond donors (Lipinski definition) is 1. The fraction of sp³-hybridized carbons (Fsp3) is 0.364. The normalized spacial score (nSPS) is 12.1. The van der Waals surface area contributed by atoms with Gasteiger partial charge in [0.2, 0.25) is 0 Å². The molecular formula is C11H13ClO4. The van der Waals surface area contributed by atoms with Gasteiger partial charge in [0.15, 0.2) is 6.10 Å². The van der Waals surface area contributed by atoms with E-state index >= 15 is 0 Å². The Hall–Kier alpha value is -1.26. The minimum atomic E-state index is -0.980. The molecule has 0 aliphatic rings. The predicted octanol–water partition coefficient (Wildman–Crippen LogP) is 2.21. The third kappa shape index (κ3) is 4.51. The van der Waals surface area contributed by atoms with Crippen molar-refractivity contribution in [3.63, 3.8) is 0 Å². The van der Waals surface area contributed by atoms with Crippen LogP contribution < -0.4 is 4.74 Å². The molecule has 0 aliphatic heterocycles. The van der Waals surface area contributed by atoms with Crippen LogP contribution in [-0.4, -0.2) is 30.4 Å². The molecule has 0 unspecified atom stereocenters. The predicted molar refractivity (Wildman–Crippen MR) is 60.0 cm³/mol. The quantitative estimate of drug-likeness (QED) is 0.780. The first kappa shape index (κ1) is 12.8. The number of aliphatic carboxylic acids is 1. The summed E-state index contributed by atoms with van der Waals surface area (Å²) in [4.78, 5) is 10.4. The Balaban J connectivity index is 2.21. The van der Waals surface area contributed by atoms with Crippen LogP contribution >= 0.6 is 11.6 Å². The zero-order chi connectivity index (χ0) is 12.0. The fourth-order valence-corrected chi connectivity index (χ4v) is 1.11. The van der Waals surface area contributed by atoms with Gasteiger partial charge in [-0.25, -0.2) is 4.79 Å². The van der Waals surface area contributed by atoms with Crippen LogP contribution in [0.2, 0.25) is 5.02 Å². The molecule has 1 atom stereocenters. The molecule has 88 valence electrons. The largest absolute Gasteiger partial charge is 0.491 e. The molecule has 0 heterocycles. The second kappa shape index (κ2) is 6.35. The van der Waals surface area contributed by atoms with Crippen molar-refractivity contribution in [2.45, 2.75) is 13.0 Å². The number of ether oxygens (including phenoxy) is 2. The number of rotatable bonds is 6. The monoisotopic (exact) mass is 244 g/mol. The second-order valence-electron chi connectivity index (χ2n) is 3.15. The van der Waals surface area contributed by atoms with Crippen molar-refractivity contribution in [3.8, 4) is 5.75 Å². The summed E-state index contributed by atoms with van der Waals surface area (Å²) in [7, 11) is 0. The maximum atomic E-state index is 10.4. The van der Waals surface area contributed by atoms with Crippen molar-refractivity contribution in [2.75, 3.05) is 13.2 Å². The Labute approximate surface area is 98.7 Å². The summed E-state index contributed by atoms with van der Waals surface area (Å²) in [5.41, 5.74) is 0. The minimum absolute atomic E-state index is 0.232. The van der Waals surface area contributed by atoms with Gasteiger partial charge in [-0.15, -0.1) is 0 Å². The Morgan fingerprint density at radius 3 is 2.56 bits per heavy atom. The number of hydrogen-bond acceptors (Lipinski definition) is 3. The van der Waals surface area contributed by atoms with Crippen LogP contribution in [0.5, 0.6) is 5.75 Å². The fourth-order valence-electron chi connectivity index (χ4n) is 0.987. The van der Waals surface area contributed by atoms with Crippen LogP contribution in [0, 0.1) is 0 Å². The molecule has 0 aromatic heterocycles. The molecule has 0 saturated heterocycles. The smallest absolute Gasteiger partial charge is 0.332 e. The van der Waals surface area contributed by atoms with Crippen LogP contribution in [0.25, 0.3) is 0 Å². The van der Waals surface area contributed by atoms with E-state index in [1.807, 2.05) is 0 Å². The Kier molecular flexibility index (Phi) is 5.08. The summed E-state index contributed by atoms with van der Waals surface area (Å²) < 4.78 is 10.3. The van der Waals surface area contributed by atoms with E-state index < -0.39 is 12.1 Å². The second-order valence-corrected chi connectivity index (χ2v) is 3.59. The van der Waals surface area contributed by atoms with Gasteiger partial charge in [-0.05, 0) is 31.2 Å². The van der Waals surface area contributed by atoms with Crippen LogP contribution in [0.4, 0.5) is 0 Å². The van der Waals surface area contributed by atoms with Crippen LogP contribution in [0.3, 0.4) is 0 Å². The Bertz CT molecular complexity index is 336. The lowest BCUT2D eigenvalue weighted by atomic mass is 10.3. The highest BCUT2D eigenvalue weighted by molar-refractivity contribution is 6.30. The average Bonchev–Trinajstić information content (AvgIpc) is 2.26. The molecule has 16 heavy (non-hydrogen) atoms. The third-order valence-electron chi connectivity index (χ3n) is 1.88. The summed E-state index contributed by atoms with van der Waals surface area (Å²) in [6.45, 7) is 2.01. The molecule has 1 rings (SSSR count). The summed E-state index contributed by atoms with van der Waals surface area (Å²) in [5, 5.41) is 9.19. The van der Waals surface area contributed by atoms with Gasteiger partial charge in [0, 0.05) is 5.02 Å². The van der Waals surface area contributed by atoms with E-state index in [9.17, 15) is 4.79 Å². The summed E-state index contributed by atoms with van der Waals surface area (Å²) in [6, 6.07) is 6.92. The molecule has 0 radical (unpaired) electrons. The van der Waals surface area contributed by atoms with Crippen LogP contribution in [0.15, 0.2) is 24.3 Å². The Morgan fingerprint density at radius 1 is 1.38 bits per heavy atom. The van der Waals surface area contributed by atoms with Gasteiger partial charge in [-0.2, -0.15) is 0 Å². The lowest BCUT2D eigenvalue weighted by molar-refractivity contribution is -0.149. The first-order chi connectivity index (χ1) is 7.59. The van der Waals surface area contributed by atoms with E-state index in [1.165, 1.54) is 6.92 Å². The molecular weight excluding hydrogens is 232 g/mol. The first-order valence-corrected chi connectivity index (χ1v) is 5.20. The SMILES string of the molecule is C[C@@H](OCCOc1ccc(Cl)cc1)C(=O)O. The van der Waals surface area contributed by atoms with E-state index in [0.717, 1.165) is 0 Å². The number of carboxylic acid groups (broad SMARTS) is 1. The molecule has 5 heteroatoms. The molecule has 0 saturated carbocycles. The molecule has 0 fully saturated rings. The lowest BCUT2D eigenvalue weighted by Crippen LogP contribution is -2.22. The number of carbonyl (C=O) groups is 1. The summed E-state index contributed by atoms with van der Waals surface area (Å²) >= 11 is 5.70. The highest BCUT2D eigenvalue weighted by Gasteiger charge is 2.09. The molecule has 4 nitrogen and oxygen atoms in total. The van der Waals surface area contributed by atoms with Gasteiger partial charge in [-0.1, -0.05) is 11.6 Å². The molecule has 0 aliphatic carbocycles. The van der Waals surface area contributed by atoms with Gasteiger partial charge in [0.25, 0.3) is 0 Å². The summed E-state index contributed by atoms with van der Waals surface area (Å²) in [6.07, 6.45) is -0.811. The topological polar surface area (TPSA) is 55.8 Å². The van der Waals surface area contributed by atoms with Crippen molar-refractivity contribution < 1.29 is 19.4 Å². The standard InChI is InChI=1S/C11H13ClO4/c1-8(11(13)14)15-6-7-16-10-4-2-9(12)3-5-10/h2-5,8H,6-7H2,1H3,(H,13,14)/t8-/m1/s1. The Morgan fingerprint density at radius 2 is 2.00 bits per heavy atom. The van der Waals surface area contributed by atoms with Crippen molar-refractivity contribution >= 4 is 17.6 Å². The van der Waals surface area contributed by atoms with Gasteiger partial charge < -0.3 is 14.6 Å². The van der Waals surface area contributed by atoms with Crippen LogP contribution in [-0.2, 0) is 9.53 Å². The maximum absolute atomic E-state index is 10.4. The maximum Gasteiger partial charge on any atom is 0.332 e. The van der Waals surface area contributed by atoms with E-state index in [2.05, 4.69) is 0 Å². The first-order valence-electron chi connectivity index (χ1n) is 4.82. The lowest BCUT2D eigenvalue weighted by Gasteiger charge is -2.09. The van der Waals surface area contributed by atoms with E-state index in [1.54, 1.807) is 24.3 Å². The van der Waals surface area contributed by atoms with Crippen molar-refractivity contribution in [1.82, 2.24) is 0 Å². The van der Waals surface area contributed by atoms with Gasteiger partial charge in [0.1, 0.15) is 12.4 Å². The van der Waals surface area contributed by atoms with Crippen molar-refractivity contribution in [2.24, 2.45) is 0 Å². The highest BCUT2D eigenvalue weighted by Crippen LogP contribution is 2.15. The van der Waals surface area contributed by atoms with E-state index in [-0.39, 0.29) is 6.61 Å². The molecule has 0 amide bonds. The zero-order valence-corrected chi connectivity index (χ0v) is 9.61. The molecule has 1 aromatic carbocycles. The number of benzene rings is 1. The molecule has 0 spiro atoms. The van der Waals surface area contributed by atoms with Gasteiger partial charge in [-0.3, -0.25) is 0 Å². The van der Waals surface area contributed by atoms with Crippen molar-refractivity contribution in [3.05, 3.63) is 29.3 Å². The molecule has 0 bridgehead atoms.